The summed E-state index contributed by atoms with van der Waals surface area (Å²) in [6.45, 7) is 7.16. The van der Waals surface area contributed by atoms with Gasteiger partial charge in [0.25, 0.3) is 0 Å². The zero-order valence-electron chi connectivity index (χ0n) is 12.3. The van der Waals surface area contributed by atoms with Gasteiger partial charge in [0.1, 0.15) is 6.04 Å². The molecule has 20 heavy (non-hydrogen) atoms. The van der Waals surface area contributed by atoms with Gasteiger partial charge in [-0.25, -0.2) is 9.59 Å². The Labute approximate surface area is 118 Å². The van der Waals surface area contributed by atoms with E-state index in [-0.39, 0.29) is 17.9 Å². The van der Waals surface area contributed by atoms with Gasteiger partial charge in [-0.05, 0) is 12.3 Å². The Morgan fingerprint density at radius 2 is 1.60 bits per heavy atom. The predicted molar refractivity (Wildman–Crippen MR) is 73.2 cm³/mol. The van der Waals surface area contributed by atoms with Crippen LogP contribution in [0.2, 0.25) is 0 Å². The summed E-state index contributed by atoms with van der Waals surface area (Å²) in [7, 11) is 0. The molecule has 0 aromatic carbocycles. The van der Waals surface area contributed by atoms with E-state index in [0.717, 1.165) is 0 Å². The molecule has 1 saturated heterocycles. The van der Waals surface area contributed by atoms with Crippen molar-refractivity contribution in [1.29, 1.82) is 0 Å². The quantitative estimate of drug-likeness (QED) is 0.780. The van der Waals surface area contributed by atoms with Gasteiger partial charge in [0.2, 0.25) is 5.91 Å². The Bertz CT molecular complexity index is 376. The molecule has 1 heterocycles. The lowest BCUT2D eigenvalue weighted by Crippen LogP contribution is -2.55. The summed E-state index contributed by atoms with van der Waals surface area (Å²) in [4.78, 5) is 37.5. The molecule has 1 aliphatic rings. The monoisotopic (exact) mass is 285 g/mol. The second-order valence-electron chi connectivity index (χ2n) is 5.46. The van der Waals surface area contributed by atoms with Crippen molar-refractivity contribution >= 4 is 17.9 Å². The molecular weight excluding hydrogens is 262 g/mol. The van der Waals surface area contributed by atoms with Gasteiger partial charge in [-0.2, -0.15) is 0 Å². The van der Waals surface area contributed by atoms with Crippen molar-refractivity contribution < 1.29 is 19.5 Å². The number of carboxylic acid groups (broad SMARTS) is 1. The van der Waals surface area contributed by atoms with Crippen LogP contribution in [-0.2, 0) is 9.59 Å². The van der Waals surface area contributed by atoms with E-state index in [1.54, 1.807) is 9.80 Å². The summed E-state index contributed by atoms with van der Waals surface area (Å²) < 4.78 is 0. The molecule has 0 bridgehead atoms. The maximum Gasteiger partial charge on any atom is 0.326 e. The number of urea groups is 1. The average molecular weight is 285 g/mol. The highest BCUT2D eigenvalue weighted by molar-refractivity contribution is 5.82. The number of rotatable bonds is 4. The Hall–Kier alpha value is -1.79. The molecule has 2 N–H and O–H groups in total. The highest BCUT2D eigenvalue weighted by atomic mass is 16.4. The molecule has 0 aromatic heterocycles. The Balaban J connectivity index is 2.50. The van der Waals surface area contributed by atoms with Crippen LogP contribution in [0.25, 0.3) is 0 Å². The summed E-state index contributed by atoms with van der Waals surface area (Å²) in [6.07, 6.45) is 0.397. The molecule has 0 aromatic rings. The van der Waals surface area contributed by atoms with Crippen LogP contribution >= 0.6 is 0 Å². The third-order valence-corrected chi connectivity index (χ3v) is 3.32. The topological polar surface area (TPSA) is 90.0 Å². The smallest absolute Gasteiger partial charge is 0.326 e. The summed E-state index contributed by atoms with van der Waals surface area (Å²) in [6, 6.07) is -1.24. The molecule has 1 atom stereocenters. The summed E-state index contributed by atoms with van der Waals surface area (Å²) >= 11 is 0. The minimum Gasteiger partial charge on any atom is -0.480 e. The number of hydrogen-bond acceptors (Lipinski definition) is 3. The van der Waals surface area contributed by atoms with Crippen LogP contribution in [-0.4, -0.2) is 65.0 Å². The minimum atomic E-state index is -1.02. The number of amides is 3. The van der Waals surface area contributed by atoms with Gasteiger partial charge in [0, 0.05) is 33.1 Å². The average Bonchev–Trinajstić information content (AvgIpc) is 2.37. The molecule has 0 radical (unpaired) electrons. The molecular formula is C13H23N3O4. The van der Waals surface area contributed by atoms with E-state index in [0.29, 0.717) is 32.6 Å². The largest absolute Gasteiger partial charge is 0.480 e. The van der Waals surface area contributed by atoms with E-state index in [4.69, 9.17) is 5.11 Å². The maximum absolute atomic E-state index is 12.0. The van der Waals surface area contributed by atoms with Crippen LogP contribution in [0.15, 0.2) is 0 Å². The molecule has 1 aliphatic heterocycles. The van der Waals surface area contributed by atoms with Crippen molar-refractivity contribution in [2.24, 2.45) is 5.92 Å². The van der Waals surface area contributed by atoms with Crippen LogP contribution in [0.4, 0.5) is 4.79 Å². The Morgan fingerprint density at radius 1 is 1.10 bits per heavy atom. The first kappa shape index (κ1) is 16.3. The first-order valence-electron chi connectivity index (χ1n) is 6.85. The second-order valence-corrected chi connectivity index (χ2v) is 5.46. The second kappa shape index (κ2) is 7.12. The van der Waals surface area contributed by atoms with E-state index in [1.165, 1.54) is 6.92 Å². The number of piperazine rings is 1. The number of carbonyl (C=O) groups is 3. The predicted octanol–water partition coefficient (Wildman–Crippen LogP) is 0.359. The number of aliphatic carboxylic acids is 1. The molecule has 0 unspecified atom stereocenters. The van der Waals surface area contributed by atoms with Crippen LogP contribution in [0.3, 0.4) is 0 Å². The summed E-state index contributed by atoms with van der Waals surface area (Å²) in [5.41, 5.74) is 0. The summed E-state index contributed by atoms with van der Waals surface area (Å²) in [5.74, 6) is -0.839. The molecule has 0 saturated carbocycles. The van der Waals surface area contributed by atoms with Crippen molar-refractivity contribution in [3.8, 4) is 0 Å². The van der Waals surface area contributed by atoms with Crippen LogP contribution in [0, 0.1) is 5.92 Å². The zero-order chi connectivity index (χ0) is 15.3. The van der Waals surface area contributed by atoms with Crippen LogP contribution in [0.5, 0.6) is 0 Å². The lowest BCUT2D eigenvalue weighted by atomic mass is 10.0. The van der Waals surface area contributed by atoms with Crippen molar-refractivity contribution in [3.05, 3.63) is 0 Å². The molecule has 7 heteroatoms. The van der Waals surface area contributed by atoms with Gasteiger partial charge in [0.05, 0.1) is 0 Å². The highest BCUT2D eigenvalue weighted by Gasteiger charge is 2.26. The van der Waals surface area contributed by atoms with E-state index >= 15 is 0 Å². The third kappa shape index (κ3) is 4.71. The first-order chi connectivity index (χ1) is 9.31. The molecule has 1 fully saturated rings. The number of nitrogens with zero attached hydrogens (tertiary/aromatic N) is 2. The van der Waals surface area contributed by atoms with Gasteiger partial charge >= 0.3 is 12.0 Å². The van der Waals surface area contributed by atoms with Gasteiger partial charge in [-0.1, -0.05) is 13.8 Å². The lowest BCUT2D eigenvalue weighted by molar-refractivity contribution is -0.139. The maximum atomic E-state index is 12.0. The van der Waals surface area contributed by atoms with Crippen molar-refractivity contribution in [2.45, 2.75) is 33.2 Å². The van der Waals surface area contributed by atoms with E-state index in [2.05, 4.69) is 5.32 Å². The molecule has 7 nitrogen and oxygen atoms in total. The van der Waals surface area contributed by atoms with Gasteiger partial charge in [0.15, 0.2) is 0 Å². The van der Waals surface area contributed by atoms with E-state index in [9.17, 15) is 14.4 Å². The zero-order valence-corrected chi connectivity index (χ0v) is 12.3. The van der Waals surface area contributed by atoms with Crippen molar-refractivity contribution in [2.75, 3.05) is 26.2 Å². The molecule has 0 spiro atoms. The Morgan fingerprint density at radius 3 is 2.00 bits per heavy atom. The van der Waals surface area contributed by atoms with Crippen LogP contribution in [0.1, 0.15) is 27.2 Å². The first-order valence-corrected chi connectivity index (χ1v) is 6.85. The number of nitrogens with one attached hydrogen (secondary N) is 1. The fourth-order valence-electron chi connectivity index (χ4n) is 2.16. The third-order valence-electron chi connectivity index (χ3n) is 3.32. The van der Waals surface area contributed by atoms with Gasteiger partial charge in [-0.3, -0.25) is 4.79 Å². The fraction of sp³-hybridized carbons (Fsp3) is 0.769. The highest BCUT2D eigenvalue weighted by Crippen LogP contribution is 2.07. The normalized spacial score (nSPS) is 17.0. The summed E-state index contributed by atoms with van der Waals surface area (Å²) in [5, 5.41) is 11.6. The molecule has 1 rings (SSSR count). The van der Waals surface area contributed by atoms with Gasteiger partial charge < -0.3 is 20.2 Å². The van der Waals surface area contributed by atoms with Crippen molar-refractivity contribution in [3.63, 3.8) is 0 Å². The van der Waals surface area contributed by atoms with Crippen molar-refractivity contribution in [1.82, 2.24) is 15.1 Å². The van der Waals surface area contributed by atoms with E-state index < -0.39 is 12.0 Å². The lowest BCUT2D eigenvalue weighted by Gasteiger charge is -2.34. The standard InChI is InChI=1S/C13H23N3O4/c1-9(2)8-11(12(18)19)14-13(20)16-6-4-15(5-7-16)10(3)17/h9,11H,4-8H2,1-3H3,(H,14,20)(H,18,19)/t11-/m0/s1. The number of carboxylic acids is 1. The number of carbonyl (C=O) groups excluding carboxylic acids is 2. The Kier molecular flexibility index (Phi) is 5.79. The molecule has 3 amide bonds. The number of hydrogen-bond donors (Lipinski definition) is 2. The molecule has 114 valence electrons. The fourth-order valence-corrected chi connectivity index (χ4v) is 2.16. The SMILES string of the molecule is CC(=O)N1CCN(C(=O)N[C@@H](CC(C)C)C(=O)O)CC1. The molecule has 0 aliphatic carbocycles. The van der Waals surface area contributed by atoms with Gasteiger partial charge in [-0.15, -0.1) is 0 Å². The van der Waals surface area contributed by atoms with Crippen LogP contribution < -0.4 is 5.32 Å². The van der Waals surface area contributed by atoms with E-state index in [1.807, 2.05) is 13.8 Å². The minimum absolute atomic E-state index is 0.00622.